The van der Waals surface area contributed by atoms with Gasteiger partial charge in [0, 0.05) is 12.2 Å². The first-order valence-corrected chi connectivity index (χ1v) is 7.30. The summed E-state index contributed by atoms with van der Waals surface area (Å²) in [5.41, 5.74) is 3.42. The molecule has 0 radical (unpaired) electrons. The van der Waals surface area contributed by atoms with Crippen molar-refractivity contribution >= 4 is 27.2 Å². The normalized spacial score (nSPS) is 10.7. The molecule has 102 valence electrons. The molecule has 3 rings (SSSR count). The van der Waals surface area contributed by atoms with E-state index in [2.05, 4.69) is 40.6 Å². The fraction of sp³-hybridized carbons (Fsp3) is 0.188. The molecule has 0 unspecified atom stereocenters. The highest BCUT2D eigenvalue weighted by Crippen LogP contribution is 2.25. The van der Waals surface area contributed by atoms with Gasteiger partial charge in [-0.3, -0.25) is 0 Å². The van der Waals surface area contributed by atoms with E-state index < -0.39 is 0 Å². The van der Waals surface area contributed by atoms with Crippen molar-refractivity contribution in [3.63, 3.8) is 0 Å². The fourth-order valence-electron chi connectivity index (χ4n) is 2.10. The number of methoxy groups -OCH3 is 1. The minimum Gasteiger partial charge on any atom is -0.497 e. The molecular weight excluding hydrogens is 268 g/mol. The minimum atomic E-state index is 0.799. The van der Waals surface area contributed by atoms with Gasteiger partial charge in [-0.2, -0.15) is 0 Å². The highest BCUT2D eigenvalue weighted by Gasteiger charge is 2.01. The third-order valence-corrected chi connectivity index (χ3v) is 4.08. The molecule has 3 nitrogen and oxygen atoms in total. The largest absolute Gasteiger partial charge is 0.497 e. The lowest BCUT2D eigenvalue weighted by atomic mass is 10.2. The summed E-state index contributed by atoms with van der Waals surface area (Å²) in [6.07, 6.45) is 0. The second kappa shape index (κ2) is 5.51. The number of thiazole rings is 1. The number of nitrogens with zero attached hydrogens (tertiary/aromatic N) is 1. The van der Waals surface area contributed by atoms with Crippen LogP contribution in [-0.4, -0.2) is 12.1 Å². The molecule has 0 amide bonds. The molecule has 2 aromatic carbocycles. The SMILES string of the molecule is COc1ccc(CNc2ccc3nc(C)sc3c2)cc1. The molecule has 0 aliphatic rings. The predicted molar refractivity (Wildman–Crippen MR) is 84.7 cm³/mol. The molecule has 0 saturated carbocycles. The van der Waals surface area contributed by atoms with Crippen LogP contribution in [0.2, 0.25) is 0 Å². The summed E-state index contributed by atoms with van der Waals surface area (Å²) in [5, 5.41) is 4.54. The van der Waals surface area contributed by atoms with Crippen LogP contribution in [-0.2, 0) is 6.54 Å². The average Bonchev–Trinajstić information content (AvgIpc) is 2.85. The van der Waals surface area contributed by atoms with E-state index in [1.54, 1.807) is 18.4 Å². The molecular formula is C16H16N2OS. The zero-order valence-electron chi connectivity index (χ0n) is 11.5. The minimum absolute atomic E-state index is 0.799. The summed E-state index contributed by atoms with van der Waals surface area (Å²) < 4.78 is 6.38. The van der Waals surface area contributed by atoms with E-state index >= 15 is 0 Å². The lowest BCUT2D eigenvalue weighted by Crippen LogP contribution is -1.98. The number of anilines is 1. The molecule has 0 saturated heterocycles. The summed E-state index contributed by atoms with van der Waals surface area (Å²) in [4.78, 5) is 4.47. The number of benzene rings is 2. The summed E-state index contributed by atoms with van der Waals surface area (Å²) in [6, 6.07) is 14.4. The summed E-state index contributed by atoms with van der Waals surface area (Å²) >= 11 is 1.73. The Labute approximate surface area is 122 Å². The summed E-state index contributed by atoms with van der Waals surface area (Å²) in [7, 11) is 1.68. The van der Waals surface area contributed by atoms with Gasteiger partial charge in [0.1, 0.15) is 5.75 Å². The van der Waals surface area contributed by atoms with Crippen LogP contribution in [0.3, 0.4) is 0 Å². The van der Waals surface area contributed by atoms with E-state index in [-0.39, 0.29) is 0 Å². The van der Waals surface area contributed by atoms with Crippen molar-refractivity contribution in [1.29, 1.82) is 0 Å². The number of ether oxygens (including phenoxy) is 1. The Morgan fingerprint density at radius 1 is 1.15 bits per heavy atom. The average molecular weight is 284 g/mol. The molecule has 0 fully saturated rings. The number of rotatable bonds is 4. The van der Waals surface area contributed by atoms with Crippen molar-refractivity contribution in [2.75, 3.05) is 12.4 Å². The second-order valence-corrected chi connectivity index (χ2v) is 5.85. The molecule has 4 heteroatoms. The van der Waals surface area contributed by atoms with Gasteiger partial charge in [0.25, 0.3) is 0 Å². The molecule has 1 N–H and O–H groups in total. The Balaban J connectivity index is 1.72. The number of aromatic nitrogens is 1. The van der Waals surface area contributed by atoms with E-state index in [1.165, 1.54) is 10.3 Å². The zero-order chi connectivity index (χ0) is 13.9. The maximum atomic E-state index is 5.16. The van der Waals surface area contributed by atoms with Crippen LogP contribution in [0.1, 0.15) is 10.6 Å². The van der Waals surface area contributed by atoms with Gasteiger partial charge in [-0.25, -0.2) is 4.98 Å². The van der Waals surface area contributed by atoms with E-state index in [4.69, 9.17) is 4.74 Å². The van der Waals surface area contributed by atoms with Gasteiger partial charge in [0.2, 0.25) is 0 Å². The molecule has 0 aliphatic carbocycles. The van der Waals surface area contributed by atoms with E-state index in [0.29, 0.717) is 0 Å². The predicted octanol–water partition coefficient (Wildman–Crippen LogP) is 4.23. The monoisotopic (exact) mass is 284 g/mol. The summed E-state index contributed by atoms with van der Waals surface area (Å²) in [5.74, 6) is 0.885. The topological polar surface area (TPSA) is 34.1 Å². The summed E-state index contributed by atoms with van der Waals surface area (Å²) in [6.45, 7) is 2.84. The Bertz CT molecular complexity index is 719. The number of nitrogens with one attached hydrogen (secondary N) is 1. The number of hydrogen-bond acceptors (Lipinski definition) is 4. The maximum Gasteiger partial charge on any atom is 0.118 e. The van der Waals surface area contributed by atoms with Crippen molar-refractivity contribution in [2.24, 2.45) is 0 Å². The molecule has 0 atom stereocenters. The number of hydrogen-bond donors (Lipinski definition) is 1. The van der Waals surface area contributed by atoms with Gasteiger partial charge in [0.15, 0.2) is 0 Å². The molecule has 0 bridgehead atoms. The molecule has 3 aromatic rings. The Kier molecular flexibility index (Phi) is 3.56. The van der Waals surface area contributed by atoms with Crippen molar-refractivity contribution in [3.05, 3.63) is 53.0 Å². The van der Waals surface area contributed by atoms with Gasteiger partial charge in [-0.05, 0) is 42.8 Å². The van der Waals surface area contributed by atoms with Crippen molar-refractivity contribution in [3.8, 4) is 5.75 Å². The van der Waals surface area contributed by atoms with Gasteiger partial charge in [0.05, 0.1) is 22.3 Å². The molecule has 0 aliphatic heterocycles. The van der Waals surface area contributed by atoms with E-state index in [1.807, 2.05) is 19.1 Å². The molecule has 0 spiro atoms. The first kappa shape index (κ1) is 12.9. The lowest BCUT2D eigenvalue weighted by molar-refractivity contribution is 0.414. The van der Waals surface area contributed by atoms with Crippen LogP contribution < -0.4 is 10.1 Å². The lowest BCUT2D eigenvalue weighted by Gasteiger charge is -2.07. The standard InChI is InChI=1S/C16H16N2OS/c1-11-18-15-8-5-13(9-16(15)20-11)17-10-12-3-6-14(19-2)7-4-12/h3-9,17H,10H2,1-2H3. The van der Waals surface area contributed by atoms with Crippen LogP contribution in [0.4, 0.5) is 5.69 Å². The van der Waals surface area contributed by atoms with Crippen LogP contribution in [0.25, 0.3) is 10.2 Å². The highest BCUT2D eigenvalue weighted by atomic mass is 32.1. The van der Waals surface area contributed by atoms with Gasteiger partial charge in [-0.15, -0.1) is 11.3 Å². The smallest absolute Gasteiger partial charge is 0.118 e. The Hall–Kier alpha value is -2.07. The highest BCUT2D eigenvalue weighted by molar-refractivity contribution is 7.18. The van der Waals surface area contributed by atoms with E-state index in [0.717, 1.165) is 28.5 Å². The van der Waals surface area contributed by atoms with Crippen molar-refractivity contribution in [1.82, 2.24) is 4.98 Å². The van der Waals surface area contributed by atoms with E-state index in [9.17, 15) is 0 Å². The molecule has 1 heterocycles. The molecule has 20 heavy (non-hydrogen) atoms. The fourth-order valence-corrected chi connectivity index (χ4v) is 2.96. The third kappa shape index (κ3) is 2.75. The van der Waals surface area contributed by atoms with Crippen LogP contribution in [0, 0.1) is 6.92 Å². The quantitative estimate of drug-likeness (QED) is 0.778. The maximum absolute atomic E-state index is 5.16. The van der Waals surface area contributed by atoms with Gasteiger partial charge in [-0.1, -0.05) is 12.1 Å². The van der Waals surface area contributed by atoms with Crippen LogP contribution in [0.5, 0.6) is 5.75 Å². The van der Waals surface area contributed by atoms with Crippen LogP contribution in [0.15, 0.2) is 42.5 Å². The van der Waals surface area contributed by atoms with Crippen molar-refractivity contribution in [2.45, 2.75) is 13.5 Å². The first-order chi connectivity index (χ1) is 9.74. The molecule has 1 aromatic heterocycles. The van der Waals surface area contributed by atoms with Crippen LogP contribution >= 0.6 is 11.3 Å². The Morgan fingerprint density at radius 3 is 2.70 bits per heavy atom. The van der Waals surface area contributed by atoms with Gasteiger partial charge >= 0.3 is 0 Å². The number of aryl methyl sites for hydroxylation is 1. The third-order valence-electron chi connectivity index (χ3n) is 3.15. The first-order valence-electron chi connectivity index (χ1n) is 6.48. The second-order valence-electron chi connectivity index (χ2n) is 4.62. The van der Waals surface area contributed by atoms with Crippen molar-refractivity contribution < 1.29 is 4.74 Å². The zero-order valence-corrected chi connectivity index (χ0v) is 12.3. The number of fused-ring (bicyclic) bond motifs is 1. The van der Waals surface area contributed by atoms with Gasteiger partial charge < -0.3 is 10.1 Å². The Morgan fingerprint density at radius 2 is 1.95 bits per heavy atom.